The van der Waals surface area contributed by atoms with Gasteiger partial charge >= 0.3 is 87.1 Å². The molecule has 0 saturated carbocycles. The summed E-state index contributed by atoms with van der Waals surface area (Å²) >= 11 is 0.472. The van der Waals surface area contributed by atoms with Crippen molar-refractivity contribution in [3.63, 3.8) is 0 Å². The first-order valence-electron chi connectivity index (χ1n) is 1.24. The van der Waals surface area contributed by atoms with E-state index in [0.29, 0.717) is 14.5 Å². The Morgan fingerprint density at radius 2 is 2.50 bits per heavy atom. The summed E-state index contributed by atoms with van der Waals surface area (Å²) in [4.78, 5) is 6.69. The molecule has 1 rings (SSSR count). The Morgan fingerprint density at radius 3 is 2.67 bits per heavy atom. The van der Waals surface area contributed by atoms with Gasteiger partial charge < -0.3 is 0 Å². The van der Waals surface area contributed by atoms with Crippen molar-refractivity contribution >= 4 is 14.5 Å². The Balaban J connectivity index is 0.000000250. The standard InChI is InChI=1S/C3H2NSe.K/c1-2-5-3-4-1;/h1,3H;/q-1;+1. The molecule has 1 aromatic rings. The fraction of sp³-hybridized carbons (Fsp3) is 0. The van der Waals surface area contributed by atoms with Gasteiger partial charge in [0.05, 0.1) is 0 Å². The number of nitrogens with zero attached hydrogens (tertiary/aromatic N) is 1. The van der Waals surface area contributed by atoms with E-state index in [1.807, 2.05) is 5.07 Å². The van der Waals surface area contributed by atoms with E-state index in [-0.39, 0.29) is 51.4 Å². The van der Waals surface area contributed by atoms with Crippen LogP contribution in [0.1, 0.15) is 0 Å². The van der Waals surface area contributed by atoms with Crippen LogP contribution in [0.15, 0.2) is 11.3 Å². The number of rotatable bonds is 0. The molecule has 0 aliphatic carbocycles. The van der Waals surface area contributed by atoms with Gasteiger partial charge in [0.15, 0.2) is 0 Å². The van der Waals surface area contributed by atoms with E-state index >= 15 is 0 Å². The Kier molecular flexibility index (Phi) is 5.95. The molecular formula is C3H2KNSe. The molecule has 6 heavy (non-hydrogen) atoms. The summed E-state index contributed by atoms with van der Waals surface area (Å²) in [7, 11) is 0. The van der Waals surface area contributed by atoms with E-state index in [0.717, 1.165) is 0 Å². The second kappa shape index (κ2) is 4.72. The molecule has 0 atom stereocenters. The first-order valence-corrected chi connectivity index (χ1v) is 3.09. The van der Waals surface area contributed by atoms with Crippen molar-refractivity contribution in [2.45, 2.75) is 0 Å². The van der Waals surface area contributed by atoms with Crippen LogP contribution in [-0.2, 0) is 0 Å². The van der Waals surface area contributed by atoms with Crippen LogP contribution >= 0.6 is 0 Å². The normalized spacial score (nSPS) is 6.67. The van der Waals surface area contributed by atoms with E-state index in [9.17, 15) is 0 Å². The maximum atomic E-state index is 3.75. The van der Waals surface area contributed by atoms with Gasteiger partial charge in [0.2, 0.25) is 0 Å². The van der Waals surface area contributed by atoms with Gasteiger partial charge in [-0.15, -0.1) is 0 Å². The number of hydrogen-bond donors (Lipinski definition) is 0. The molecule has 0 aliphatic rings. The molecule has 3 heteroatoms. The Labute approximate surface area is 85.3 Å². The van der Waals surface area contributed by atoms with E-state index in [4.69, 9.17) is 0 Å². The second-order valence-electron chi connectivity index (χ2n) is 0.619. The molecule has 0 radical (unpaired) electrons. The van der Waals surface area contributed by atoms with E-state index in [1.165, 1.54) is 0 Å². The molecule has 0 aliphatic heterocycles. The van der Waals surface area contributed by atoms with Crippen molar-refractivity contribution < 1.29 is 51.4 Å². The molecule has 0 fully saturated rings. The fourth-order valence-corrected chi connectivity index (χ4v) is 0.791. The van der Waals surface area contributed by atoms with Gasteiger partial charge in [-0.3, -0.25) is 0 Å². The fourth-order valence-electron chi connectivity index (χ4n) is 0.152. The Bertz CT molecular complexity index is 67.3. The van der Waals surface area contributed by atoms with E-state index in [2.05, 4.69) is 9.92 Å². The van der Waals surface area contributed by atoms with Crippen molar-refractivity contribution in [1.29, 1.82) is 0 Å². The average Bonchev–Trinajstić information content (AvgIpc) is 1.76. The van der Waals surface area contributed by atoms with Crippen molar-refractivity contribution in [2.24, 2.45) is 0 Å². The summed E-state index contributed by atoms with van der Waals surface area (Å²) in [6.07, 6.45) is 1.71. The molecule has 0 N–H and O–H groups in total. The van der Waals surface area contributed by atoms with Gasteiger partial charge in [0, 0.05) is 0 Å². The van der Waals surface area contributed by atoms with Crippen molar-refractivity contribution in [1.82, 2.24) is 4.98 Å². The molecule has 1 nitrogen and oxygen atoms in total. The summed E-state index contributed by atoms with van der Waals surface area (Å²) in [6.45, 7) is 0. The molecular weight excluding hydrogens is 168 g/mol. The third-order valence-electron chi connectivity index (χ3n) is 0.309. The predicted molar refractivity (Wildman–Crippen MR) is 20.0 cm³/mol. The summed E-state index contributed by atoms with van der Waals surface area (Å²) in [5.74, 6) is 0. The third kappa shape index (κ3) is 2.69. The zero-order valence-corrected chi connectivity index (χ0v) is 8.35. The predicted octanol–water partition coefficient (Wildman–Crippen LogP) is -3.06. The summed E-state index contributed by atoms with van der Waals surface area (Å²) in [5.41, 5.74) is 0. The Morgan fingerprint density at radius 1 is 1.67 bits per heavy atom. The molecule has 0 saturated heterocycles. The van der Waals surface area contributed by atoms with Gasteiger partial charge in [0.25, 0.3) is 0 Å². The molecule has 0 spiro atoms. The molecule has 1 aromatic heterocycles. The summed E-state index contributed by atoms with van der Waals surface area (Å²) < 4.78 is 0. The number of hydrogen-bond acceptors (Lipinski definition) is 1. The summed E-state index contributed by atoms with van der Waals surface area (Å²) in [5, 5.41) is 1.88. The topological polar surface area (TPSA) is 12.9 Å². The van der Waals surface area contributed by atoms with Crippen LogP contribution in [0.3, 0.4) is 0 Å². The van der Waals surface area contributed by atoms with Gasteiger partial charge in [-0.05, 0) is 0 Å². The summed E-state index contributed by atoms with van der Waals surface area (Å²) in [6, 6.07) is 0. The average molecular weight is 170 g/mol. The SMILES string of the molecule is [K+].[c-]1cnc[se]1. The monoisotopic (exact) mass is 171 g/mol. The molecule has 0 amide bonds. The quantitative estimate of drug-likeness (QED) is 0.297. The van der Waals surface area contributed by atoms with E-state index in [1.54, 1.807) is 6.20 Å². The molecule has 0 unspecified atom stereocenters. The van der Waals surface area contributed by atoms with Crippen LogP contribution in [0, 0.1) is 4.94 Å². The number of aromatic nitrogens is 1. The van der Waals surface area contributed by atoms with Crippen LogP contribution in [0.2, 0.25) is 0 Å². The zero-order valence-electron chi connectivity index (χ0n) is 3.51. The molecule has 1 heterocycles. The maximum absolute atomic E-state index is 3.75. The third-order valence-corrected chi connectivity index (χ3v) is 1.29. The minimum absolute atomic E-state index is 0. The van der Waals surface area contributed by atoms with Gasteiger partial charge in [-0.1, -0.05) is 0 Å². The van der Waals surface area contributed by atoms with Crippen LogP contribution in [-0.4, -0.2) is 19.5 Å². The van der Waals surface area contributed by atoms with Crippen LogP contribution in [0.5, 0.6) is 0 Å². The first kappa shape index (κ1) is 7.57. The van der Waals surface area contributed by atoms with Crippen LogP contribution in [0.25, 0.3) is 0 Å². The molecule has 0 bridgehead atoms. The van der Waals surface area contributed by atoms with Crippen molar-refractivity contribution in [2.75, 3.05) is 0 Å². The van der Waals surface area contributed by atoms with Crippen molar-refractivity contribution in [3.8, 4) is 0 Å². The Hall–Kier alpha value is 1.57. The van der Waals surface area contributed by atoms with Gasteiger partial charge in [-0.2, -0.15) is 0 Å². The van der Waals surface area contributed by atoms with Crippen LogP contribution < -0.4 is 51.4 Å². The zero-order chi connectivity index (χ0) is 3.54. The second-order valence-corrected chi connectivity index (χ2v) is 2.05. The van der Waals surface area contributed by atoms with Gasteiger partial charge in [-0.25, -0.2) is 0 Å². The first-order chi connectivity index (χ1) is 2.50. The van der Waals surface area contributed by atoms with Crippen molar-refractivity contribution in [3.05, 3.63) is 16.2 Å². The van der Waals surface area contributed by atoms with Crippen LogP contribution in [0.4, 0.5) is 0 Å². The minimum atomic E-state index is 0. The molecule has 0 aromatic carbocycles. The van der Waals surface area contributed by atoms with Gasteiger partial charge in [0.1, 0.15) is 0 Å². The van der Waals surface area contributed by atoms with E-state index < -0.39 is 0 Å². The molecule has 26 valence electrons.